The topological polar surface area (TPSA) is 73.6 Å². The molecule has 0 amide bonds. The number of rotatable bonds is 7. The number of anilines is 2. The number of benzene rings is 2. The van der Waals surface area contributed by atoms with E-state index in [0.29, 0.717) is 17.1 Å². The van der Waals surface area contributed by atoms with Crippen molar-refractivity contribution < 1.29 is 0 Å². The Morgan fingerprint density at radius 3 is 2.67 bits per heavy atom. The zero-order valence-corrected chi connectivity index (χ0v) is 16.9. The third-order valence-electron chi connectivity index (χ3n) is 4.93. The van der Waals surface area contributed by atoms with Crippen molar-refractivity contribution >= 4 is 22.4 Å². The molecule has 4 rings (SSSR count). The van der Waals surface area contributed by atoms with Crippen molar-refractivity contribution in [1.29, 1.82) is 5.26 Å². The molecule has 2 aromatic carbocycles. The standard InChI is InChI=1S/C25H23N5/c1-2-12-27-16-18-14-20-11-13-28-25(24(20)29-17-18)30-23-10-6-9-21(22(23)15-26)19-7-4-3-5-8-19/h3-11,13-14,17,27H,2,12,16H2,1H3,(H,28,30). The van der Waals surface area contributed by atoms with E-state index < -0.39 is 0 Å². The van der Waals surface area contributed by atoms with Gasteiger partial charge in [-0.05, 0) is 42.3 Å². The van der Waals surface area contributed by atoms with E-state index >= 15 is 0 Å². The van der Waals surface area contributed by atoms with E-state index in [1.54, 1.807) is 6.20 Å². The van der Waals surface area contributed by atoms with Crippen LogP contribution in [0.2, 0.25) is 0 Å². The van der Waals surface area contributed by atoms with Gasteiger partial charge in [-0.2, -0.15) is 5.26 Å². The highest BCUT2D eigenvalue weighted by atomic mass is 15.0. The Kier molecular flexibility index (Phi) is 5.98. The largest absolute Gasteiger partial charge is 0.337 e. The van der Waals surface area contributed by atoms with E-state index in [0.717, 1.165) is 47.1 Å². The van der Waals surface area contributed by atoms with Crippen molar-refractivity contribution in [3.05, 3.63) is 84.2 Å². The first kappa shape index (κ1) is 19.6. The van der Waals surface area contributed by atoms with Crippen LogP contribution in [0.1, 0.15) is 24.5 Å². The van der Waals surface area contributed by atoms with Gasteiger partial charge in [0.2, 0.25) is 0 Å². The lowest BCUT2D eigenvalue weighted by atomic mass is 9.99. The van der Waals surface area contributed by atoms with Crippen LogP contribution in [-0.2, 0) is 6.54 Å². The summed E-state index contributed by atoms with van der Waals surface area (Å²) in [5.41, 5.74) is 5.12. The van der Waals surface area contributed by atoms with Crippen LogP contribution >= 0.6 is 0 Å². The lowest BCUT2D eigenvalue weighted by Crippen LogP contribution is -2.13. The van der Waals surface area contributed by atoms with E-state index in [2.05, 4.69) is 39.7 Å². The molecule has 0 unspecified atom stereocenters. The highest BCUT2D eigenvalue weighted by molar-refractivity contribution is 5.91. The molecular weight excluding hydrogens is 370 g/mol. The zero-order valence-electron chi connectivity index (χ0n) is 16.9. The van der Waals surface area contributed by atoms with Crippen molar-refractivity contribution in [3.8, 4) is 17.2 Å². The van der Waals surface area contributed by atoms with Gasteiger partial charge in [-0.1, -0.05) is 49.4 Å². The fourth-order valence-electron chi connectivity index (χ4n) is 3.47. The monoisotopic (exact) mass is 393 g/mol. The second kappa shape index (κ2) is 9.17. The summed E-state index contributed by atoms with van der Waals surface area (Å²) in [6.45, 7) is 3.92. The van der Waals surface area contributed by atoms with Gasteiger partial charge in [0.25, 0.3) is 0 Å². The summed E-state index contributed by atoms with van der Waals surface area (Å²) >= 11 is 0. The minimum Gasteiger partial charge on any atom is -0.337 e. The fourth-order valence-corrected chi connectivity index (χ4v) is 3.47. The van der Waals surface area contributed by atoms with E-state index in [9.17, 15) is 5.26 Å². The van der Waals surface area contributed by atoms with Crippen molar-refractivity contribution in [3.63, 3.8) is 0 Å². The molecule has 30 heavy (non-hydrogen) atoms. The Labute approximate surface area is 176 Å². The van der Waals surface area contributed by atoms with Crippen molar-refractivity contribution in [2.75, 3.05) is 11.9 Å². The Hall–Kier alpha value is -3.75. The minimum atomic E-state index is 0.586. The summed E-state index contributed by atoms with van der Waals surface area (Å²) in [5.74, 6) is 0.641. The Balaban J connectivity index is 1.68. The van der Waals surface area contributed by atoms with E-state index in [4.69, 9.17) is 0 Å². The van der Waals surface area contributed by atoms with Gasteiger partial charge in [0.05, 0.1) is 11.3 Å². The van der Waals surface area contributed by atoms with Crippen LogP contribution in [0.5, 0.6) is 0 Å². The van der Waals surface area contributed by atoms with E-state index in [-0.39, 0.29) is 0 Å². The molecule has 0 aliphatic rings. The van der Waals surface area contributed by atoms with Crippen molar-refractivity contribution in [2.45, 2.75) is 19.9 Å². The molecule has 4 aromatic rings. The maximum Gasteiger partial charge on any atom is 0.156 e. The number of fused-ring (bicyclic) bond motifs is 1. The molecule has 0 saturated heterocycles. The normalized spacial score (nSPS) is 10.7. The van der Waals surface area contributed by atoms with Gasteiger partial charge in [0.1, 0.15) is 11.6 Å². The van der Waals surface area contributed by atoms with Crippen LogP contribution < -0.4 is 10.6 Å². The summed E-state index contributed by atoms with van der Waals surface area (Å²) < 4.78 is 0. The molecule has 0 bridgehead atoms. The summed E-state index contributed by atoms with van der Waals surface area (Å²) in [7, 11) is 0. The highest BCUT2D eigenvalue weighted by Gasteiger charge is 2.12. The molecule has 148 valence electrons. The van der Waals surface area contributed by atoms with Crippen molar-refractivity contribution in [1.82, 2.24) is 15.3 Å². The Morgan fingerprint density at radius 2 is 1.87 bits per heavy atom. The van der Waals surface area contributed by atoms with Crippen LogP contribution in [0, 0.1) is 11.3 Å². The van der Waals surface area contributed by atoms with Crippen LogP contribution in [0.25, 0.3) is 22.0 Å². The predicted octanol–water partition coefficient (Wildman–Crippen LogP) is 5.41. The van der Waals surface area contributed by atoms with Gasteiger partial charge < -0.3 is 10.6 Å². The molecule has 5 nitrogen and oxygen atoms in total. The summed E-state index contributed by atoms with van der Waals surface area (Å²) in [6.07, 6.45) is 4.74. The molecule has 2 aromatic heterocycles. The van der Waals surface area contributed by atoms with Gasteiger partial charge >= 0.3 is 0 Å². The number of nitrogens with one attached hydrogen (secondary N) is 2. The first-order chi connectivity index (χ1) is 14.8. The van der Waals surface area contributed by atoms with Gasteiger partial charge in [0.15, 0.2) is 5.82 Å². The van der Waals surface area contributed by atoms with Gasteiger partial charge in [0, 0.05) is 29.9 Å². The number of aromatic nitrogens is 2. The Bertz CT molecular complexity index is 1200. The summed E-state index contributed by atoms with van der Waals surface area (Å²) in [4.78, 5) is 9.13. The van der Waals surface area contributed by atoms with Crippen molar-refractivity contribution in [2.24, 2.45) is 0 Å². The van der Waals surface area contributed by atoms with E-state index in [1.165, 1.54) is 0 Å². The molecule has 0 atom stereocenters. The molecular formula is C25H23N5. The quantitative estimate of drug-likeness (QED) is 0.411. The van der Waals surface area contributed by atoms with Crippen LogP contribution in [0.4, 0.5) is 11.5 Å². The maximum atomic E-state index is 9.86. The van der Waals surface area contributed by atoms with Crippen LogP contribution in [0.3, 0.4) is 0 Å². The number of hydrogen-bond donors (Lipinski definition) is 2. The smallest absolute Gasteiger partial charge is 0.156 e. The minimum absolute atomic E-state index is 0.586. The second-order valence-electron chi connectivity index (χ2n) is 7.08. The molecule has 0 aliphatic carbocycles. The molecule has 0 radical (unpaired) electrons. The number of nitriles is 1. The van der Waals surface area contributed by atoms with Crippen LogP contribution in [-0.4, -0.2) is 16.5 Å². The van der Waals surface area contributed by atoms with Gasteiger partial charge in [-0.15, -0.1) is 0 Å². The fraction of sp³-hybridized carbons (Fsp3) is 0.160. The van der Waals surface area contributed by atoms with Crippen LogP contribution in [0.15, 0.2) is 73.1 Å². The molecule has 0 saturated carbocycles. The molecule has 0 fully saturated rings. The number of hydrogen-bond acceptors (Lipinski definition) is 5. The maximum absolute atomic E-state index is 9.86. The first-order valence-electron chi connectivity index (χ1n) is 10.1. The second-order valence-corrected chi connectivity index (χ2v) is 7.08. The zero-order chi connectivity index (χ0) is 20.8. The Morgan fingerprint density at radius 1 is 1.00 bits per heavy atom. The molecule has 2 heterocycles. The SMILES string of the molecule is CCCNCc1cnc2c(Nc3cccc(-c4ccccc4)c3C#N)nccc2c1. The lowest BCUT2D eigenvalue weighted by molar-refractivity contribution is 0.674. The average molecular weight is 393 g/mol. The van der Waals surface area contributed by atoms with Gasteiger partial charge in [-0.3, -0.25) is 4.98 Å². The number of nitrogens with zero attached hydrogens (tertiary/aromatic N) is 3. The third-order valence-corrected chi connectivity index (χ3v) is 4.93. The lowest BCUT2D eigenvalue weighted by Gasteiger charge is -2.13. The highest BCUT2D eigenvalue weighted by Crippen LogP contribution is 2.31. The summed E-state index contributed by atoms with van der Waals surface area (Å²) in [5, 5.41) is 17.6. The average Bonchev–Trinajstić information content (AvgIpc) is 2.80. The molecule has 2 N–H and O–H groups in total. The van der Waals surface area contributed by atoms with E-state index in [1.807, 2.05) is 60.8 Å². The third kappa shape index (κ3) is 4.14. The predicted molar refractivity (Wildman–Crippen MR) is 121 cm³/mol. The summed E-state index contributed by atoms with van der Waals surface area (Å²) in [6, 6.07) is 22.2. The molecule has 0 aliphatic heterocycles. The number of pyridine rings is 2. The van der Waals surface area contributed by atoms with Gasteiger partial charge in [-0.25, -0.2) is 4.98 Å². The first-order valence-corrected chi connectivity index (χ1v) is 10.1. The molecule has 5 heteroatoms. The molecule has 0 spiro atoms.